The molecule has 126 valence electrons. The van der Waals surface area contributed by atoms with Crippen LogP contribution in [0, 0.1) is 5.82 Å². The quantitative estimate of drug-likeness (QED) is 0.815. The summed E-state index contributed by atoms with van der Waals surface area (Å²) < 4.78 is 17.9. The van der Waals surface area contributed by atoms with Crippen molar-refractivity contribution in [2.75, 3.05) is 11.9 Å². The molecule has 1 aliphatic carbocycles. The van der Waals surface area contributed by atoms with Crippen molar-refractivity contribution in [2.45, 2.75) is 31.6 Å². The van der Waals surface area contributed by atoms with Gasteiger partial charge in [-0.2, -0.15) is 0 Å². The summed E-state index contributed by atoms with van der Waals surface area (Å²) in [6, 6.07) is 6.03. The van der Waals surface area contributed by atoms with Gasteiger partial charge >= 0.3 is 5.97 Å². The van der Waals surface area contributed by atoms with E-state index in [1.54, 1.807) is 24.4 Å². The minimum atomic E-state index is -0.597. The number of hydrogen-bond acceptors (Lipinski definition) is 5. The van der Waals surface area contributed by atoms with E-state index in [1.165, 1.54) is 23.5 Å². The second kappa shape index (κ2) is 6.68. The number of carbonyl (C=O) groups is 2. The number of halogens is 1. The summed E-state index contributed by atoms with van der Waals surface area (Å²) in [5.74, 6) is -0.810. The lowest BCUT2D eigenvalue weighted by atomic mass is 9.95. The summed E-state index contributed by atoms with van der Waals surface area (Å²) in [7, 11) is 0. The number of hydrogen-bond donors (Lipinski definition) is 1. The fraction of sp³-hybridized carbons (Fsp3) is 0.353. The molecule has 1 amide bonds. The van der Waals surface area contributed by atoms with E-state index in [0.29, 0.717) is 17.4 Å². The molecular formula is C17H17FN2O3S. The first-order valence-corrected chi connectivity index (χ1v) is 8.59. The van der Waals surface area contributed by atoms with E-state index in [2.05, 4.69) is 10.3 Å². The molecule has 1 aromatic heterocycles. The van der Waals surface area contributed by atoms with Crippen molar-refractivity contribution in [3.8, 4) is 0 Å². The number of esters is 1. The molecule has 24 heavy (non-hydrogen) atoms. The van der Waals surface area contributed by atoms with E-state index < -0.39 is 5.41 Å². The lowest BCUT2D eigenvalue weighted by molar-refractivity contribution is -0.142. The predicted octanol–water partition coefficient (Wildman–Crippen LogP) is 3.06. The summed E-state index contributed by atoms with van der Waals surface area (Å²) in [5, 5.41) is 4.98. The lowest BCUT2D eigenvalue weighted by Crippen LogP contribution is -2.27. The van der Waals surface area contributed by atoms with Crippen LogP contribution in [-0.4, -0.2) is 23.5 Å². The lowest BCUT2D eigenvalue weighted by Gasteiger charge is -2.14. The van der Waals surface area contributed by atoms with Gasteiger partial charge in [-0.1, -0.05) is 12.1 Å². The van der Waals surface area contributed by atoms with Gasteiger partial charge in [-0.3, -0.25) is 9.59 Å². The molecule has 5 nitrogen and oxygen atoms in total. The number of thiazole rings is 1. The van der Waals surface area contributed by atoms with Crippen LogP contribution in [0.1, 0.15) is 31.0 Å². The van der Waals surface area contributed by atoms with Crippen LogP contribution < -0.4 is 5.32 Å². The molecule has 1 aromatic carbocycles. The average molecular weight is 348 g/mol. The summed E-state index contributed by atoms with van der Waals surface area (Å²) >= 11 is 1.27. The molecule has 0 atom stereocenters. The fourth-order valence-corrected chi connectivity index (χ4v) is 3.27. The van der Waals surface area contributed by atoms with Gasteiger partial charge in [0.05, 0.1) is 24.1 Å². The summed E-state index contributed by atoms with van der Waals surface area (Å²) in [6.45, 7) is 2.07. The minimum Gasteiger partial charge on any atom is -0.466 e. The van der Waals surface area contributed by atoms with Crippen molar-refractivity contribution in [1.82, 2.24) is 4.98 Å². The first-order valence-electron chi connectivity index (χ1n) is 7.71. The zero-order valence-corrected chi connectivity index (χ0v) is 14.0. The second-order valence-electron chi connectivity index (χ2n) is 5.67. The fourth-order valence-electron chi connectivity index (χ4n) is 2.56. The van der Waals surface area contributed by atoms with Crippen molar-refractivity contribution in [3.05, 3.63) is 46.7 Å². The van der Waals surface area contributed by atoms with Gasteiger partial charge in [-0.15, -0.1) is 11.3 Å². The molecule has 0 aliphatic heterocycles. The van der Waals surface area contributed by atoms with E-state index in [9.17, 15) is 14.0 Å². The second-order valence-corrected chi connectivity index (χ2v) is 6.53. The topological polar surface area (TPSA) is 68.3 Å². The molecule has 1 fully saturated rings. The molecule has 1 heterocycles. The normalized spacial score (nSPS) is 14.9. The van der Waals surface area contributed by atoms with Gasteiger partial charge < -0.3 is 10.1 Å². The Hall–Kier alpha value is -2.28. The average Bonchev–Trinajstić information content (AvgIpc) is 3.25. The van der Waals surface area contributed by atoms with Gasteiger partial charge in [0, 0.05) is 5.38 Å². The predicted molar refractivity (Wildman–Crippen MR) is 88.4 cm³/mol. The van der Waals surface area contributed by atoms with Crippen LogP contribution in [0.3, 0.4) is 0 Å². The number of rotatable bonds is 6. The van der Waals surface area contributed by atoms with E-state index in [1.807, 2.05) is 0 Å². The molecule has 0 spiro atoms. The molecule has 0 bridgehead atoms. The summed E-state index contributed by atoms with van der Waals surface area (Å²) in [4.78, 5) is 28.3. The summed E-state index contributed by atoms with van der Waals surface area (Å²) in [5.41, 5.74) is 0.783. The van der Waals surface area contributed by atoms with Crippen molar-refractivity contribution >= 4 is 28.3 Å². The first kappa shape index (κ1) is 16.6. The number of aromatic nitrogens is 1. The number of anilines is 1. The number of ether oxygens (including phenoxy) is 1. The Bertz CT molecular complexity index is 753. The van der Waals surface area contributed by atoms with Gasteiger partial charge in [0.2, 0.25) is 5.91 Å². The highest BCUT2D eigenvalue weighted by atomic mass is 32.1. The highest BCUT2D eigenvalue weighted by Crippen LogP contribution is 2.49. The van der Waals surface area contributed by atoms with Crippen molar-refractivity contribution in [1.29, 1.82) is 0 Å². The van der Waals surface area contributed by atoms with Crippen molar-refractivity contribution < 1.29 is 18.7 Å². The number of benzene rings is 1. The zero-order chi connectivity index (χ0) is 17.2. The summed E-state index contributed by atoms with van der Waals surface area (Å²) in [6.07, 6.45) is 1.54. The van der Waals surface area contributed by atoms with Crippen LogP contribution in [0.5, 0.6) is 0 Å². The van der Waals surface area contributed by atoms with Gasteiger partial charge in [-0.25, -0.2) is 9.37 Å². The molecule has 0 unspecified atom stereocenters. The Morgan fingerprint density at radius 2 is 2.04 bits per heavy atom. The molecule has 0 saturated heterocycles. The van der Waals surface area contributed by atoms with E-state index in [-0.39, 0.29) is 24.1 Å². The molecule has 7 heteroatoms. The van der Waals surface area contributed by atoms with Gasteiger partial charge in [0.15, 0.2) is 5.13 Å². The Balaban J connectivity index is 1.66. The third kappa shape index (κ3) is 3.46. The van der Waals surface area contributed by atoms with Gasteiger partial charge in [0.1, 0.15) is 5.82 Å². The monoisotopic (exact) mass is 348 g/mol. The molecule has 1 N–H and O–H groups in total. The van der Waals surface area contributed by atoms with E-state index >= 15 is 0 Å². The largest absolute Gasteiger partial charge is 0.466 e. The molecule has 1 saturated carbocycles. The molecule has 1 aliphatic rings. The smallest absolute Gasteiger partial charge is 0.311 e. The minimum absolute atomic E-state index is 0.0866. The maximum atomic E-state index is 13.1. The van der Waals surface area contributed by atoms with Crippen LogP contribution in [0.25, 0.3) is 0 Å². The van der Waals surface area contributed by atoms with Crippen LogP contribution in [0.4, 0.5) is 9.52 Å². The Kier molecular flexibility index (Phi) is 4.62. The van der Waals surface area contributed by atoms with Gasteiger partial charge in [0.25, 0.3) is 0 Å². The van der Waals surface area contributed by atoms with Crippen LogP contribution in [0.15, 0.2) is 29.6 Å². The van der Waals surface area contributed by atoms with Crippen LogP contribution in [0.2, 0.25) is 0 Å². The van der Waals surface area contributed by atoms with Gasteiger partial charge in [-0.05, 0) is 37.5 Å². The van der Waals surface area contributed by atoms with Crippen LogP contribution >= 0.6 is 11.3 Å². The Morgan fingerprint density at radius 3 is 2.67 bits per heavy atom. The number of amides is 1. The SMILES string of the molecule is CCOC(=O)Cc1csc(NC(=O)C2(c3ccc(F)cc3)CC2)n1. The van der Waals surface area contributed by atoms with Crippen LogP contribution in [-0.2, 0) is 26.2 Å². The maximum Gasteiger partial charge on any atom is 0.311 e. The van der Waals surface area contributed by atoms with Crippen molar-refractivity contribution in [2.24, 2.45) is 0 Å². The zero-order valence-electron chi connectivity index (χ0n) is 13.2. The standard InChI is InChI=1S/C17H17FN2O3S/c1-2-23-14(21)9-13-10-24-16(19-13)20-15(22)17(7-8-17)11-3-5-12(18)6-4-11/h3-6,10H,2,7-9H2,1H3,(H,19,20,22). The molecule has 0 radical (unpaired) electrons. The number of nitrogens with one attached hydrogen (secondary N) is 1. The third-order valence-corrected chi connectivity index (χ3v) is 4.79. The highest BCUT2D eigenvalue weighted by Gasteiger charge is 2.51. The van der Waals surface area contributed by atoms with Crippen molar-refractivity contribution in [3.63, 3.8) is 0 Å². The maximum absolute atomic E-state index is 13.1. The Morgan fingerprint density at radius 1 is 1.33 bits per heavy atom. The molecule has 2 aromatic rings. The number of nitrogens with zero attached hydrogens (tertiary/aromatic N) is 1. The van der Waals surface area contributed by atoms with E-state index in [0.717, 1.165) is 18.4 Å². The third-order valence-electron chi connectivity index (χ3n) is 3.98. The molecule has 3 rings (SSSR count). The number of carbonyl (C=O) groups excluding carboxylic acids is 2. The Labute approximate surface area is 142 Å². The van der Waals surface area contributed by atoms with E-state index in [4.69, 9.17) is 4.74 Å². The highest BCUT2D eigenvalue weighted by molar-refractivity contribution is 7.14. The molecular weight excluding hydrogens is 331 g/mol. The first-order chi connectivity index (χ1) is 11.5.